The predicted molar refractivity (Wildman–Crippen MR) is 69.5 cm³/mol. The quantitative estimate of drug-likeness (QED) is 0.672. The lowest BCUT2D eigenvalue weighted by Crippen LogP contribution is -2.39. The van der Waals surface area contributed by atoms with E-state index in [4.69, 9.17) is 11.6 Å². The summed E-state index contributed by atoms with van der Waals surface area (Å²) < 4.78 is 24.4. The Kier molecular flexibility index (Phi) is 4.19. The molecule has 1 fully saturated rings. The van der Waals surface area contributed by atoms with Gasteiger partial charge in [0, 0.05) is 11.7 Å². The fourth-order valence-electron chi connectivity index (χ4n) is 2.05. The van der Waals surface area contributed by atoms with E-state index in [1.807, 2.05) is 0 Å². The molecule has 2 rings (SSSR count). The highest BCUT2D eigenvalue weighted by atomic mass is 35.5. The number of rotatable bonds is 3. The SMILES string of the molecule is Cc1cc(Cl)nc(S(=O)(=O)CC2CCCCN2)n1. The Balaban J connectivity index is 2.19. The van der Waals surface area contributed by atoms with E-state index in [1.165, 1.54) is 0 Å². The van der Waals surface area contributed by atoms with Crippen LogP contribution in [0.2, 0.25) is 5.15 Å². The van der Waals surface area contributed by atoms with Crippen LogP contribution in [0.25, 0.3) is 0 Å². The van der Waals surface area contributed by atoms with Gasteiger partial charge in [-0.05, 0) is 32.4 Å². The van der Waals surface area contributed by atoms with Crippen molar-refractivity contribution < 1.29 is 8.42 Å². The van der Waals surface area contributed by atoms with Crippen molar-refractivity contribution in [3.8, 4) is 0 Å². The molecule has 0 amide bonds. The third kappa shape index (κ3) is 3.40. The summed E-state index contributed by atoms with van der Waals surface area (Å²) in [5.74, 6) is 0.0345. The van der Waals surface area contributed by atoms with Gasteiger partial charge in [0.05, 0.1) is 5.75 Å². The number of hydrogen-bond acceptors (Lipinski definition) is 5. The number of nitrogens with one attached hydrogen (secondary N) is 1. The summed E-state index contributed by atoms with van der Waals surface area (Å²) in [7, 11) is -3.47. The molecule has 1 aromatic heterocycles. The van der Waals surface area contributed by atoms with Crippen LogP contribution in [0, 0.1) is 6.92 Å². The third-order valence-electron chi connectivity index (χ3n) is 2.91. The fourth-order valence-corrected chi connectivity index (χ4v) is 3.82. The Morgan fingerprint density at radius 3 is 2.83 bits per heavy atom. The van der Waals surface area contributed by atoms with Crippen molar-refractivity contribution in [3.63, 3.8) is 0 Å². The maximum Gasteiger partial charge on any atom is 0.248 e. The Bertz CT molecular complexity index is 507. The summed E-state index contributed by atoms with van der Waals surface area (Å²) >= 11 is 5.77. The predicted octanol–water partition coefficient (Wildman–Crippen LogP) is 1.35. The second-order valence-corrected chi connectivity index (χ2v) is 6.86. The molecular formula is C11H16ClN3O2S. The van der Waals surface area contributed by atoms with Crippen LogP contribution in [0.15, 0.2) is 11.2 Å². The topological polar surface area (TPSA) is 72.0 Å². The van der Waals surface area contributed by atoms with Crippen LogP contribution < -0.4 is 5.32 Å². The summed E-state index contributed by atoms with van der Waals surface area (Å²) in [6.45, 7) is 2.57. The smallest absolute Gasteiger partial charge is 0.248 e. The molecule has 1 aliphatic rings. The van der Waals surface area contributed by atoms with E-state index in [0.717, 1.165) is 25.8 Å². The van der Waals surface area contributed by atoms with Crippen LogP contribution in [0.3, 0.4) is 0 Å². The average molecular weight is 290 g/mol. The van der Waals surface area contributed by atoms with E-state index in [0.29, 0.717) is 5.69 Å². The minimum absolute atomic E-state index is 0.00774. The summed E-state index contributed by atoms with van der Waals surface area (Å²) in [5.41, 5.74) is 0.560. The lowest BCUT2D eigenvalue weighted by molar-refractivity contribution is 0.423. The first-order valence-electron chi connectivity index (χ1n) is 5.95. The van der Waals surface area contributed by atoms with Crippen LogP contribution in [-0.2, 0) is 9.84 Å². The molecule has 1 aliphatic heterocycles. The Hall–Kier alpha value is -0.720. The second-order valence-electron chi connectivity index (χ2n) is 4.54. The minimum atomic E-state index is -3.47. The molecule has 1 N–H and O–H groups in total. The number of nitrogens with zero attached hydrogens (tertiary/aromatic N) is 2. The van der Waals surface area contributed by atoms with Gasteiger partial charge in [-0.2, -0.15) is 0 Å². The lowest BCUT2D eigenvalue weighted by atomic mass is 10.1. The van der Waals surface area contributed by atoms with E-state index >= 15 is 0 Å². The highest BCUT2D eigenvalue weighted by Crippen LogP contribution is 2.15. The van der Waals surface area contributed by atoms with E-state index in [-0.39, 0.29) is 22.1 Å². The molecule has 0 saturated carbocycles. The molecule has 1 unspecified atom stereocenters. The summed E-state index contributed by atoms with van der Waals surface area (Å²) in [6.07, 6.45) is 3.03. The van der Waals surface area contributed by atoms with Crippen molar-refractivity contribution in [1.29, 1.82) is 0 Å². The molecule has 2 heterocycles. The van der Waals surface area contributed by atoms with Crippen LogP contribution in [-0.4, -0.2) is 36.7 Å². The zero-order chi connectivity index (χ0) is 13.2. The monoisotopic (exact) mass is 289 g/mol. The molecule has 0 aliphatic carbocycles. The van der Waals surface area contributed by atoms with Gasteiger partial charge < -0.3 is 5.32 Å². The number of halogens is 1. The van der Waals surface area contributed by atoms with Crippen LogP contribution in [0.4, 0.5) is 0 Å². The van der Waals surface area contributed by atoms with Crippen LogP contribution in [0.5, 0.6) is 0 Å². The first-order chi connectivity index (χ1) is 8.47. The Labute approximate surface area is 112 Å². The van der Waals surface area contributed by atoms with Gasteiger partial charge in [0.1, 0.15) is 5.15 Å². The molecule has 7 heteroatoms. The normalized spacial score (nSPS) is 20.9. The number of sulfone groups is 1. The first-order valence-corrected chi connectivity index (χ1v) is 7.98. The van der Waals surface area contributed by atoms with Crippen molar-refractivity contribution in [1.82, 2.24) is 15.3 Å². The van der Waals surface area contributed by atoms with Gasteiger partial charge in [-0.3, -0.25) is 0 Å². The van der Waals surface area contributed by atoms with Gasteiger partial charge in [0.2, 0.25) is 15.0 Å². The molecule has 0 bridgehead atoms. The van der Waals surface area contributed by atoms with E-state index in [1.54, 1.807) is 13.0 Å². The highest BCUT2D eigenvalue weighted by molar-refractivity contribution is 7.91. The first kappa shape index (κ1) is 13.7. The largest absolute Gasteiger partial charge is 0.313 e. The molecule has 0 radical (unpaired) electrons. The summed E-state index contributed by atoms with van der Waals surface area (Å²) in [5, 5.41) is 3.20. The number of aryl methyl sites for hydroxylation is 1. The van der Waals surface area contributed by atoms with Crippen molar-refractivity contribution in [2.24, 2.45) is 0 Å². The zero-order valence-electron chi connectivity index (χ0n) is 10.2. The Morgan fingerprint density at radius 1 is 1.44 bits per heavy atom. The zero-order valence-corrected chi connectivity index (χ0v) is 11.8. The van der Waals surface area contributed by atoms with Crippen LogP contribution in [0.1, 0.15) is 25.0 Å². The van der Waals surface area contributed by atoms with E-state index in [2.05, 4.69) is 15.3 Å². The van der Waals surface area contributed by atoms with E-state index < -0.39 is 9.84 Å². The fraction of sp³-hybridized carbons (Fsp3) is 0.636. The number of aromatic nitrogens is 2. The Morgan fingerprint density at radius 2 is 2.22 bits per heavy atom. The van der Waals surface area contributed by atoms with Crippen molar-refractivity contribution in [3.05, 3.63) is 16.9 Å². The maximum atomic E-state index is 12.2. The molecule has 1 atom stereocenters. The molecule has 0 aromatic carbocycles. The number of piperidine rings is 1. The van der Waals surface area contributed by atoms with Gasteiger partial charge in [-0.15, -0.1) is 0 Å². The van der Waals surface area contributed by atoms with Crippen molar-refractivity contribution >= 4 is 21.4 Å². The number of hydrogen-bond donors (Lipinski definition) is 1. The third-order valence-corrected chi connectivity index (χ3v) is 4.69. The standard InChI is InChI=1S/C11H16ClN3O2S/c1-8-6-10(12)15-11(14-8)18(16,17)7-9-4-2-3-5-13-9/h6,9,13H,2-5,7H2,1H3. The van der Waals surface area contributed by atoms with Crippen molar-refractivity contribution in [2.45, 2.75) is 37.4 Å². The minimum Gasteiger partial charge on any atom is -0.313 e. The summed E-state index contributed by atoms with van der Waals surface area (Å²) in [6, 6.07) is 1.53. The molecule has 0 spiro atoms. The molecule has 1 saturated heterocycles. The summed E-state index contributed by atoms with van der Waals surface area (Å²) in [4.78, 5) is 7.77. The molecule has 1 aromatic rings. The maximum absolute atomic E-state index is 12.2. The van der Waals surface area contributed by atoms with Gasteiger partial charge in [-0.1, -0.05) is 18.0 Å². The van der Waals surface area contributed by atoms with E-state index in [9.17, 15) is 8.42 Å². The molecule has 5 nitrogen and oxygen atoms in total. The second kappa shape index (κ2) is 5.50. The van der Waals surface area contributed by atoms with Gasteiger partial charge in [-0.25, -0.2) is 18.4 Å². The molecule has 18 heavy (non-hydrogen) atoms. The van der Waals surface area contributed by atoms with Crippen molar-refractivity contribution in [2.75, 3.05) is 12.3 Å². The van der Waals surface area contributed by atoms with Crippen LogP contribution >= 0.6 is 11.6 Å². The van der Waals surface area contributed by atoms with Gasteiger partial charge >= 0.3 is 0 Å². The molecule has 100 valence electrons. The average Bonchev–Trinajstić information content (AvgIpc) is 2.28. The molecular weight excluding hydrogens is 274 g/mol. The lowest BCUT2D eigenvalue weighted by Gasteiger charge is -2.22. The van der Waals surface area contributed by atoms with Gasteiger partial charge in [0.25, 0.3) is 0 Å². The highest BCUT2D eigenvalue weighted by Gasteiger charge is 2.25. The van der Waals surface area contributed by atoms with Gasteiger partial charge in [0.15, 0.2) is 0 Å².